The highest BCUT2D eigenvalue weighted by atomic mass is 127. The fourth-order valence-corrected chi connectivity index (χ4v) is 2.65. The fraction of sp³-hybridized carbons (Fsp3) is 0.200. The van der Waals surface area contributed by atoms with Crippen molar-refractivity contribution >= 4 is 37.8 Å². The summed E-state index contributed by atoms with van der Waals surface area (Å²) in [4.78, 5) is 4.24. The maximum atomic E-state index is 13.5. The molecule has 0 aliphatic heterocycles. The van der Waals surface area contributed by atoms with Gasteiger partial charge in [0.15, 0.2) is 0 Å². The highest BCUT2D eigenvalue weighted by Gasteiger charge is 2.09. The van der Waals surface area contributed by atoms with Crippen molar-refractivity contribution in [2.75, 3.05) is 0 Å². The zero-order chi connectivity index (χ0) is 14.7. The van der Waals surface area contributed by atoms with Crippen LogP contribution in [0.5, 0.6) is 0 Å². The molecule has 0 atom stereocenters. The van der Waals surface area contributed by atoms with Gasteiger partial charge >= 0.3 is 0 Å². The van der Waals surface area contributed by atoms with Gasteiger partial charge in [0.05, 0.1) is 15.8 Å². The van der Waals surface area contributed by atoms with Crippen molar-refractivity contribution in [3.8, 4) is 0 Å². The van der Waals surface area contributed by atoms with Crippen molar-refractivity contribution in [2.45, 2.75) is 20.3 Å². The number of halogens is 2. The van der Waals surface area contributed by atoms with Gasteiger partial charge in [0.1, 0.15) is 11.7 Å². The van der Waals surface area contributed by atoms with Crippen LogP contribution >= 0.6 is 22.6 Å². The number of nitrogens with one attached hydrogen (secondary N) is 1. The van der Waals surface area contributed by atoms with Crippen LogP contribution < -0.4 is 0 Å². The number of benzene rings is 1. The van der Waals surface area contributed by atoms with Gasteiger partial charge in [-0.15, -0.1) is 0 Å². The van der Waals surface area contributed by atoms with E-state index in [4.69, 9.17) is 5.41 Å². The molecule has 1 aromatic carbocycles. The first-order valence-corrected chi connectivity index (χ1v) is 7.27. The molecule has 0 amide bonds. The Morgan fingerprint density at radius 1 is 1.20 bits per heavy atom. The number of para-hydroxylation sites is 1. The molecule has 5 heteroatoms. The van der Waals surface area contributed by atoms with Crippen molar-refractivity contribution in [1.29, 1.82) is 5.41 Å². The molecule has 0 aliphatic rings. The van der Waals surface area contributed by atoms with Crippen LogP contribution in [0.1, 0.15) is 17.8 Å². The van der Waals surface area contributed by atoms with E-state index in [9.17, 15) is 4.39 Å². The number of hydrogen-bond acceptors (Lipinski definition) is 2. The molecule has 1 heterocycles. The maximum Gasteiger partial charge on any atom is 0.148 e. The highest BCUT2D eigenvalue weighted by molar-refractivity contribution is 14.1. The average Bonchev–Trinajstić information content (AvgIpc) is 2.72. The van der Waals surface area contributed by atoms with Crippen LogP contribution in [0.3, 0.4) is 0 Å². The van der Waals surface area contributed by atoms with Gasteiger partial charge < -0.3 is 4.57 Å². The maximum absolute atomic E-state index is 13.5. The Balaban J connectivity index is 2.18. The summed E-state index contributed by atoms with van der Waals surface area (Å²) in [6, 6.07) is 10.3. The van der Waals surface area contributed by atoms with Crippen LogP contribution in [0.25, 0.3) is 0 Å². The van der Waals surface area contributed by atoms with Gasteiger partial charge in [0, 0.05) is 11.4 Å². The normalized spacial score (nSPS) is 11.7. The van der Waals surface area contributed by atoms with E-state index >= 15 is 0 Å². The second-order valence-electron chi connectivity index (χ2n) is 4.51. The first-order chi connectivity index (χ1) is 9.49. The zero-order valence-electron chi connectivity index (χ0n) is 11.3. The Labute approximate surface area is 131 Å². The summed E-state index contributed by atoms with van der Waals surface area (Å²) in [5.41, 5.74) is 2.34. The summed E-state index contributed by atoms with van der Waals surface area (Å²) >= 11 is 2.05. The monoisotopic (exact) mass is 383 g/mol. The molecular weight excluding hydrogens is 368 g/mol. The fourth-order valence-electron chi connectivity index (χ4n) is 2.02. The minimum Gasteiger partial charge on any atom is -0.307 e. The molecule has 0 saturated heterocycles. The molecule has 0 bridgehead atoms. The predicted molar refractivity (Wildman–Crippen MR) is 89.2 cm³/mol. The Kier molecular flexibility index (Phi) is 4.69. The van der Waals surface area contributed by atoms with Crippen molar-refractivity contribution in [1.82, 2.24) is 4.57 Å². The Morgan fingerprint density at radius 2 is 1.80 bits per heavy atom. The lowest BCUT2D eigenvalue weighted by Gasteiger charge is -2.10. The molecule has 0 unspecified atom stereocenters. The first-order valence-electron chi connectivity index (χ1n) is 6.19. The molecule has 0 fully saturated rings. The summed E-state index contributed by atoms with van der Waals surface area (Å²) in [6.07, 6.45) is 0.380. The molecule has 0 radical (unpaired) electrons. The summed E-state index contributed by atoms with van der Waals surface area (Å²) in [5, 5.41) is 8.16. The number of hydrogen-bond donors (Lipinski definition) is 1. The number of aliphatic imine (C=N–C) groups is 1. The molecule has 1 N–H and O–H groups in total. The molecule has 2 aromatic rings. The van der Waals surface area contributed by atoms with Gasteiger partial charge in [-0.3, -0.25) is 5.41 Å². The van der Waals surface area contributed by atoms with Crippen molar-refractivity contribution in [3.63, 3.8) is 0 Å². The molecule has 104 valence electrons. The third-order valence-corrected chi connectivity index (χ3v) is 3.57. The standard InChI is InChI=1S/C15H15FIN3/c1-10-7-8-11(2)20(10)15(18)9-14(17)19-13-6-4-3-5-12(13)16/h3-8,18H,9H2,1-2H3. The van der Waals surface area contributed by atoms with E-state index in [1.807, 2.05) is 30.5 Å². The van der Waals surface area contributed by atoms with Crippen LogP contribution in [0, 0.1) is 25.1 Å². The quantitative estimate of drug-likeness (QED) is 0.457. The topological polar surface area (TPSA) is 41.1 Å². The third kappa shape index (κ3) is 3.33. The van der Waals surface area contributed by atoms with E-state index in [-0.39, 0.29) is 5.82 Å². The summed E-state index contributed by atoms with van der Waals surface area (Å²) in [5.74, 6) is 0.0935. The van der Waals surface area contributed by atoms with Crippen molar-refractivity contribution in [3.05, 3.63) is 53.6 Å². The molecular formula is C15H15FIN3. The molecule has 0 spiro atoms. The van der Waals surface area contributed by atoms with Crippen LogP contribution in [0.2, 0.25) is 0 Å². The third-order valence-electron chi connectivity index (χ3n) is 2.95. The lowest BCUT2D eigenvalue weighted by Crippen LogP contribution is -2.15. The van der Waals surface area contributed by atoms with Crippen molar-refractivity contribution in [2.24, 2.45) is 4.99 Å². The molecule has 2 rings (SSSR count). The van der Waals surface area contributed by atoms with E-state index in [1.54, 1.807) is 18.2 Å². The van der Waals surface area contributed by atoms with Crippen LogP contribution in [0.4, 0.5) is 10.1 Å². The van der Waals surface area contributed by atoms with E-state index in [2.05, 4.69) is 27.6 Å². The minimum absolute atomic E-state index is 0.311. The van der Waals surface area contributed by atoms with E-state index in [0.717, 1.165) is 11.4 Å². The summed E-state index contributed by atoms with van der Waals surface area (Å²) in [6.45, 7) is 3.92. The van der Waals surface area contributed by atoms with Gasteiger partial charge in [0.2, 0.25) is 0 Å². The lowest BCUT2D eigenvalue weighted by atomic mass is 10.3. The molecule has 3 nitrogen and oxygen atoms in total. The molecule has 20 heavy (non-hydrogen) atoms. The van der Waals surface area contributed by atoms with Crippen molar-refractivity contribution < 1.29 is 4.39 Å². The predicted octanol–water partition coefficient (Wildman–Crippen LogP) is 4.62. The van der Waals surface area contributed by atoms with Crippen LogP contribution in [0.15, 0.2) is 41.4 Å². The first kappa shape index (κ1) is 14.9. The molecule has 0 aliphatic carbocycles. The SMILES string of the molecule is Cc1ccc(C)n1C(=N)CC(I)=Nc1ccccc1F. The number of nitrogens with zero attached hydrogens (tertiary/aromatic N) is 2. The number of aromatic nitrogens is 1. The zero-order valence-corrected chi connectivity index (χ0v) is 13.5. The van der Waals surface area contributed by atoms with E-state index < -0.39 is 0 Å². The van der Waals surface area contributed by atoms with Gasteiger partial charge in [-0.1, -0.05) is 12.1 Å². The van der Waals surface area contributed by atoms with Crippen LogP contribution in [-0.2, 0) is 0 Å². The number of rotatable bonds is 3. The largest absolute Gasteiger partial charge is 0.307 e. The summed E-state index contributed by atoms with van der Waals surface area (Å²) < 4.78 is 16.1. The molecule has 0 saturated carbocycles. The second kappa shape index (κ2) is 6.30. The summed E-state index contributed by atoms with van der Waals surface area (Å²) in [7, 11) is 0. The number of aryl methyl sites for hydroxylation is 2. The van der Waals surface area contributed by atoms with Gasteiger partial charge in [-0.05, 0) is 60.7 Å². The minimum atomic E-state index is -0.346. The van der Waals surface area contributed by atoms with Crippen LogP contribution in [-0.4, -0.2) is 14.1 Å². The lowest BCUT2D eigenvalue weighted by molar-refractivity contribution is 0.630. The van der Waals surface area contributed by atoms with Gasteiger partial charge in [-0.2, -0.15) is 0 Å². The Hall–Kier alpha value is -1.50. The Morgan fingerprint density at radius 3 is 2.40 bits per heavy atom. The smallest absolute Gasteiger partial charge is 0.148 e. The second-order valence-corrected chi connectivity index (χ2v) is 5.76. The molecule has 1 aromatic heterocycles. The average molecular weight is 383 g/mol. The van der Waals surface area contributed by atoms with Gasteiger partial charge in [-0.25, -0.2) is 9.38 Å². The Bertz CT molecular complexity index is 654. The highest BCUT2D eigenvalue weighted by Crippen LogP contribution is 2.19. The van der Waals surface area contributed by atoms with E-state index in [1.165, 1.54) is 6.07 Å². The van der Waals surface area contributed by atoms with Gasteiger partial charge in [0.25, 0.3) is 0 Å². The van der Waals surface area contributed by atoms with E-state index in [0.29, 0.717) is 21.7 Å².